The third-order valence-corrected chi connectivity index (χ3v) is 2.50. The SMILES string of the molecule is Cc1cccc(-n2nc(C(F)(F)F)cc2C(N)=O)c1. The molecule has 0 bridgehead atoms. The summed E-state index contributed by atoms with van der Waals surface area (Å²) >= 11 is 0. The van der Waals surface area contributed by atoms with Crippen LogP contribution in [0.3, 0.4) is 0 Å². The van der Waals surface area contributed by atoms with E-state index in [1.54, 1.807) is 31.2 Å². The number of carbonyl (C=O) groups is 1. The van der Waals surface area contributed by atoms with Gasteiger partial charge in [-0.15, -0.1) is 0 Å². The van der Waals surface area contributed by atoms with E-state index < -0.39 is 17.8 Å². The number of aromatic nitrogens is 2. The first-order valence-corrected chi connectivity index (χ1v) is 5.33. The van der Waals surface area contributed by atoms with Crippen molar-refractivity contribution >= 4 is 5.91 Å². The first-order valence-electron chi connectivity index (χ1n) is 5.33. The smallest absolute Gasteiger partial charge is 0.364 e. The van der Waals surface area contributed by atoms with Crippen molar-refractivity contribution in [2.24, 2.45) is 5.73 Å². The summed E-state index contributed by atoms with van der Waals surface area (Å²) in [6.45, 7) is 1.78. The first kappa shape index (κ1) is 13.1. The summed E-state index contributed by atoms with van der Waals surface area (Å²) in [5.41, 5.74) is 4.80. The molecule has 1 aromatic carbocycles. The lowest BCUT2D eigenvalue weighted by Gasteiger charge is -2.05. The first-order chi connectivity index (χ1) is 8.79. The molecule has 2 aromatic rings. The molecule has 2 rings (SSSR count). The van der Waals surface area contributed by atoms with Crippen LogP contribution in [0.2, 0.25) is 0 Å². The molecule has 2 N–H and O–H groups in total. The predicted octanol–water partition coefficient (Wildman–Crippen LogP) is 2.30. The summed E-state index contributed by atoms with van der Waals surface area (Å²) in [6.07, 6.45) is -4.63. The number of carbonyl (C=O) groups excluding carboxylic acids is 1. The Morgan fingerprint density at radius 2 is 2.00 bits per heavy atom. The van der Waals surface area contributed by atoms with Crippen LogP contribution in [0.4, 0.5) is 13.2 Å². The van der Waals surface area contributed by atoms with Gasteiger partial charge in [-0.1, -0.05) is 12.1 Å². The van der Waals surface area contributed by atoms with Crippen LogP contribution in [-0.4, -0.2) is 15.7 Å². The molecule has 0 saturated heterocycles. The normalized spacial score (nSPS) is 11.6. The molecule has 0 atom stereocenters. The molecule has 1 amide bonds. The Balaban J connectivity index is 2.62. The number of nitrogens with zero attached hydrogens (tertiary/aromatic N) is 2. The standard InChI is InChI=1S/C12H10F3N3O/c1-7-3-2-4-8(5-7)18-9(11(16)19)6-10(17-18)12(13,14)15/h2-6H,1H3,(H2,16,19). The molecule has 4 nitrogen and oxygen atoms in total. The van der Waals surface area contributed by atoms with E-state index in [1.807, 2.05) is 0 Å². The maximum atomic E-state index is 12.6. The molecule has 0 aliphatic carbocycles. The van der Waals surface area contributed by atoms with Crippen molar-refractivity contribution < 1.29 is 18.0 Å². The van der Waals surface area contributed by atoms with E-state index in [-0.39, 0.29) is 5.69 Å². The van der Waals surface area contributed by atoms with Gasteiger partial charge in [0.25, 0.3) is 5.91 Å². The Bertz CT molecular complexity index is 631. The van der Waals surface area contributed by atoms with Gasteiger partial charge in [-0.2, -0.15) is 18.3 Å². The summed E-state index contributed by atoms with van der Waals surface area (Å²) in [7, 11) is 0. The van der Waals surface area contributed by atoms with Crippen LogP contribution < -0.4 is 5.73 Å². The van der Waals surface area contributed by atoms with Crippen molar-refractivity contribution in [1.29, 1.82) is 0 Å². The molecule has 100 valence electrons. The minimum absolute atomic E-state index is 0.307. The largest absolute Gasteiger partial charge is 0.435 e. The van der Waals surface area contributed by atoms with E-state index in [1.165, 1.54) is 0 Å². The Morgan fingerprint density at radius 3 is 2.53 bits per heavy atom. The highest BCUT2D eigenvalue weighted by Gasteiger charge is 2.35. The van der Waals surface area contributed by atoms with E-state index in [2.05, 4.69) is 5.10 Å². The van der Waals surface area contributed by atoms with Crippen LogP contribution in [-0.2, 0) is 6.18 Å². The van der Waals surface area contributed by atoms with Gasteiger partial charge in [-0.3, -0.25) is 4.79 Å². The molecule has 0 spiro atoms. The van der Waals surface area contributed by atoms with Crippen LogP contribution in [0.5, 0.6) is 0 Å². The molecule has 7 heteroatoms. The maximum Gasteiger partial charge on any atom is 0.435 e. The van der Waals surface area contributed by atoms with Crippen molar-refractivity contribution in [3.8, 4) is 5.69 Å². The molecular weight excluding hydrogens is 259 g/mol. The average Bonchev–Trinajstić information content (AvgIpc) is 2.73. The van der Waals surface area contributed by atoms with Crippen LogP contribution >= 0.6 is 0 Å². The van der Waals surface area contributed by atoms with Crippen molar-refractivity contribution in [1.82, 2.24) is 9.78 Å². The average molecular weight is 269 g/mol. The summed E-state index contributed by atoms with van der Waals surface area (Å²) in [6, 6.07) is 7.24. The third kappa shape index (κ3) is 2.59. The van der Waals surface area contributed by atoms with E-state index >= 15 is 0 Å². The lowest BCUT2D eigenvalue weighted by atomic mass is 10.2. The number of alkyl halides is 3. The number of hydrogen-bond donors (Lipinski definition) is 1. The van der Waals surface area contributed by atoms with E-state index in [0.717, 1.165) is 10.2 Å². The number of amides is 1. The number of aryl methyl sites for hydroxylation is 1. The third-order valence-electron chi connectivity index (χ3n) is 2.50. The summed E-state index contributed by atoms with van der Waals surface area (Å²) in [4.78, 5) is 11.2. The fraction of sp³-hybridized carbons (Fsp3) is 0.167. The van der Waals surface area contributed by atoms with Crippen LogP contribution in [0.15, 0.2) is 30.3 Å². The van der Waals surface area contributed by atoms with Crippen LogP contribution in [0, 0.1) is 6.92 Å². The Kier molecular flexibility index (Phi) is 3.05. The maximum absolute atomic E-state index is 12.6. The molecule has 0 fully saturated rings. The molecule has 0 saturated carbocycles. The topological polar surface area (TPSA) is 60.9 Å². The van der Waals surface area contributed by atoms with Gasteiger partial charge < -0.3 is 5.73 Å². The molecular formula is C12H10F3N3O. The number of benzene rings is 1. The van der Waals surface area contributed by atoms with Gasteiger partial charge in [0.05, 0.1) is 5.69 Å². The number of hydrogen-bond acceptors (Lipinski definition) is 2. The van der Waals surface area contributed by atoms with E-state index in [4.69, 9.17) is 5.73 Å². The molecule has 0 radical (unpaired) electrons. The second kappa shape index (κ2) is 4.42. The van der Waals surface area contributed by atoms with Gasteiger partial charge in [0, 0.05) is 6.07 Å². The van der Waals surface area contributed by atoms with Crippen molar-refractivity contribution in [2.75, 3.05) is 0 Å². The molecule has 0 aliphatic heterocycles. The minimum Gasteiger partial charge on any atom is -0.364 e. The van der Waals surface area contributed by atoms with Gasteiger partial charge in [-0.25, -0.2) is 4.68 Å². The molecule has 19 heavy (non-hydrogen) atoms. The lowest BCUT2D eigenvalue weighted by molar-refractivity contribution is -0.141. The predicted molar refractivity (Wildman–Crippen MR) is 61.8 cm³/mol. The zero-order chi connectivity index (χ0) is 14.2. The highest BCUT2D eigenvalue weighted by atomic mass is 19.4. The second-order valence-corrected chi connectivity index (χ2v) is 4.03. The van der Waals surface area contributed by atoms with Gasteiger partial charge in [0.2, 0.25) is 0 Å². The fourth-order valence-electron chi connectivity index (χ4n) is 1.65. The van der Waals surface area contributed by atoms with Gasteiger partial charge in [0.1, 0.15) is 5.69 Å². The van der Waals surface area contributed by atoms with Gasteiger partial charge >= 0.3 is 6.18 Å². The minimum atomic E-state index is -4.63. The van der Waals surface area contributed by atoms with Crippen molar-refractivity contribution in [3.05, 3.63) is 47.3 Å². The Labute approximate surface area is 106 Å². The quantitative estimate of drug-likeness (QED) is 0.909. The Morgan fingerprint density at radius 1 is 1.32 bits per heavy atom. The lowest BCUT2D eigenvalue weighted by Crippen LogP contribution is -2.16. The zero-order valence-corrected chi connectivity index (χ0v) is 9.90. The Hall–Kier alpha value is -2.31. The van der Waals surface area contributed by atoms with Crippen LogP contribution in [0.1, 0.15) is 21.7 Å². The van der Waals surface area contributed by atoms with Crippen molar-refractivity contribution in [3.63, 3.8) is 0 Å². The van der Waals surface area contributed by atoms with E-state index in [9.17, 15) is 18.0 Å². The summed E-state index contributed by atoms with van der Waals surface area (Å²) in [5, 5.41) is 3.40. The number of rotatable bonds is 2. The second-order valence-electron chi connectivity index (χ2n) is 4.03. The van der Waals surface area contributed by atoms with Crippen LogP contribution in [0.25, 0.3) is 5.69 Å². The highest BCUT2D eigenvalue weighted by molar-refractivity contribution is 5.91. The van der Waals surface area contributed by atoms with E-state index in [0.29, 0.717) is 11.8 Å². The summed E-state index contributed by atoms with van der Waals surface area (Å²) < 4.78 is 38.7. The highest BCUT2D eigenvalue weighted by Crippen LogP contribution is 2.29. The molecule has 1 heterocycles. The molecule has 1 aromatic heterocycles. The van der Waals surface area contributed by atoms with Gasteiger partial charge in [0.15, 0.2) is 5.69 Å². The molecule has 0 aliphatic rings. The monoisotopic (exact) mass is 269 g/mol. The van der Waals surface area contributed by atoms with Gasteiger partial charge in [-0.05, 0) is 24.6 Å². The number of primary amides is 1. The molecule has 0 unspecified atom stereocenters. The number of nitrogens with two attached hydrogens (primary N) is 1. The van der Waals surface area contributed by atoms with Crippen molar-refractivity contribution in [2.45, 2.75) is 13.1 Å². The number of halogens is 3. The fourth-order valence-corrected chi connectivity index (χ4v) is 1.65. The summed E-state index contributed by atoms with van der Waals surface area (Å²) in [5.74, 6) is -0.968. The zero-order valence-electron chi connectivity index (χ0n) is 9.90.